The molecule has 110 valence electrons. The van der Waals surface area contributed by atoms with Crippen molar-refractivity contribution in [3.8, 4) is 22.9 Å². The molecule has 4 rings (SSSR count). The van der Waals surface area contributed by atoms with Crippen molar-refractivity contribution in [1.29, 1.82) is 5.26 Å². The number of aromatic nitrogens is 4. The lowest BCUT2D eigenvalue weighted by molar-refractivity contribution is 0.877. The van der Waals surface area contributed by atoms with Gasteiger partial charge in [0.1, 0.15) is 11.7 Å². The molecule has 1 aromatic carbocycles. The van der Waals surface area contributed by atoms with Crippen LogP contribution in [0.5, 0.6) is 0 Å². The number of fused-ring (bicyclic) bond motifs is 1. The summed E-state index contributed by atoms with van der Waals surface area (Å²) >= 11 is 3.38. The van der Waals surface area contributed by atoms with Gasteiger partial charge in [-0.25, -0.2) is 9.67 Å². The van der Waals surface area contributed by atoms with Gasteiger partial charge in [0, 0.05) is 34.0 Å². The van der Waals surface area contributed by atoms with E-state index in [-0.39, 0.29) is 0 Å². The molecule has 0 aliphatic carbocycles. The summed E-state index contributed by atoms with van der Waals surface area (Å²) in [5.74, 6) is 0. The normalized spacial score (nSPS) is 10.8. The van der Waals surface area contributed by atoms with Crippen molar-refractivity contribution in [2.75, 3.05) is 0 Å². The maximum Gasteiger partial charge on any atom is 0.137 e. The SMILES string of the molecule is N#Cc1cc(Br)ccc1-n1cc(-c2ccnc3[nH]ccc23)cn1. The first-order valence-electron chi connectivity index (χ1n) is 6.93. The molecule has 0 saturated carbocycles. The van der Waals surface area contributed by atoms with Crippen LogP contribution in [0.25, 0.3) is 27.8 Å². The molecule has 0 saturated heterocycles. The lowest BCUT2D eigenvalue weighted by Gasteiger charge is -2.04. The maximum absolute atomic E-state index is 9.32. The molecule has 3 aromatic heterocycles. The van der Waals surface area contributed by atoms with Gasteiger partial charge in [-0.15, -0.1) is 0 Å². The van der Waals surface area contributed by atoms with Gasteiger partial charge in [-0.3, -0.25) is 0 Å². The van der Waals surface area contributed by atoms with Crippen molar-refractivity contribution < 1.29 is 0 Å². The maximum atomic E-state index is 9.32. The number of nitrogens with one attached hydrogen (secondary N) is 1. The highest BCUT2D eigenvalue weighted by Gasteiger charge is 2.10. The predicted octanol–water partition coefficient (Wildman–Crippen LogP) is 4.05. The number of benzene rings is 1. The molecule has 0 bridgehead atoms. The summed E-state index contributed by atoms with van der Waals surface area (Å²) in [5, 5.41) is 14.8. The van der Waals surface area contributed by atoms with Crippen LogP contribution in [0, 0.1) is 11.3 Å². The number of pyridine rings is 1. The third-order valence-corrected chi connectivity index (χ3v) is 4.17. The molecule has 4 aromatic rings. The highest BCUT2D eigenvalue weighted by molar-refractivity contribution is 9.10. The van der Waals surface area contributed by atoms with E-state index in [4.69, 9.17) is 0 Å². The third-order valence-electron chi connectivity index (χ3n) is 3.68. The first-order valence-corrected chi connectivity index (χ1v) is 7.73. The summed E-state index contributed by atoms with van der Waals surface area (Å²) in [7, 11) is 0. The van der Waals surface area contributed by atoms with E-state index < -0.39 is 0 Å². The van der Waals surface area contributed by atoms with Gasteiger partial charge in [-0.2, -0.15) is 10.4 Å². The Kier molecular flexibility index (Phi) is 3.21. The molecule has 3 heterocycles. The number of rotatable bonds is 2. The van der Waals surface area contributed by atoms with Gasteiger partial charge in [0.15, 0.2) is 0 Å². The molecule has 0 unspecified atom stereocenters. The standard InChI is InChI=1S/C17H10BrN5/c18-13-1-2-16(11(7-13)8-19)23-10-12(9-22-23)14-3-5-20-17-15(14)4-6-21-17/h1-7,9-10H,(H,20,21). The van der Waals surface area contributed by atoms with Gasteiger partial charge in [-0.1, -0.05) is 15.9 Å². The van der Waals surface area contributed by atoms with Gasteiger partial charge in [0.2, 0.25) is 0 Å². The Morgan fingerprint density at radius 3 is 3.00 bits per heavy atom. The third kappa shape index (κ3) is 2.31. The fourth-order valence-corrected chi connectivity index (χ4v) is 2.96. The zero-order valence-corrected chi connectivity index (χ0v) is 13.4. The molecule has 0 radical (unpaired) electrons. The first-order chi connectivity index (χ1) is 11.3. The minimum Gasteiger partial charge on any atom is -0.346 e. The zero-order valence-electron chi connectivity index (χ0n) is 11.9. The van der Waals surface area contributed by atoms with E-state index in [0.717, 1.165) is 32.3 Å². The smallest absolute Gasteiger partial charge is 0.137 e. The minimum atomic E-state index is 0.565. The fraction of sp³-hybridized carbons (Fsp3) is 0. The molecule has 0 aliphatic rings. The first kappa shape index (κ1) is 13.7. The van der Waals surface area contributed by atoms with Crippen LogP contribution in [0.4, 0.5) is 0 Å². The molecule has 0 spiro atoms. The quantitative estimate of drug-likeness (QED) is 0.583. The number of hydrogen-bond donors (Lipinski definition) is 1. The Morgan fingerprint density at radius 1 is 1.22 bits per heavy atom. The topological polar surface area (TPSA) is 70.3 Å². The highest BCUT2D eigenvalue weighted by atomic mass is 79.9. The molecule has 6 heteroatoms. The summed E-state index contributed by atoms with van der Waals surface area (Å²) in [4.78, 5) is 7.40. The number of halogens is 1. The van der Waals surface area contributed by atoms with Crippen molar-refractivity contribution in [3.63, 3.8) is 0 Å². The largest absolute Gasteiger partial charge is 0.346 e. The number of hydrogen-bond acceptors (Lipinski definition) is 3. The molecule has 0 aliphatic heterocycles. The van der Waals surface area contributed by atoms with Crippen molar-refractivity contribution in [1.82, 2.24) is 19.7 Å². The zero-order chi connectivity index (χ0) is 15.8. The lowest BCUT2D eigenvalue weighted by Crippen LogP contribution is -1.97. The Morgan fingerprint density at radius 2 is 2.13 bits per heavy atom. The van der Waals surface area contributed by atoms with Gasteiger partial charge in [-0.05, 0) is 35.9 Å². The van der Waals surface area contributed by atoms with Crippen LogP contribution in [0.2, 0.25) is 0 Å². The van der Waals surface area contributed by atoms with Gasteiger partial charge >= 0.3 is 0 Å². The van der Waals surface area contributed by atoms with Gasteiger partial charge in [0.05, 0.1) is 17.4 Å². The summed E-state index contributed by atoms with van der Waals surface area (Å²) < 4.78 is 2.59. The number of aromatic amines is 1. The van der Waals surface area contributed by atoms with E-state index in [1.165, 1.54) is 0 Å². The van der Waals surface area contributed by atoms with Crippen molar-refractivity contribution >= 4 is 27.0 Å². The lowest BCUT2D eigenvalue weighted by atomic mass is 10.1. The summed E-state index contributed by atoms with van der Waals surface area (Å²) in [6.45, 7) is 0. The van der Waals surface area contributed by atoms with Crippen LogP contribution in [0.15, 0.2) is 59.6 Å². The molecular weight excluding hydrogens is 354 g/mol. The number of nitriles is 1. The second-order valence-corrected chi connectivity index (χ2v) is 5.96. The van der Waals surface area contributed by atoms with Crippen LogP contribution in [-0.4, -0.2) is 19.7 Å². The van der Waals surface area contributed by atoms with E-state index in [9.17, 15) is 5.26 Å². The summed E-state index contributed by atoms with van der Waals surface area (Å²) in [5.41, 5.74) is 4.19. The van der Waals surface area contributed by atoms with Crippen LogP contribution in [0.3, 0.4) is 0 Å². The Labute approximate surface area is 140 Å². The predicted molar refractivity (Wildman–Crippen MR) is 91.1 cm³/mol. The van der Waals surface area contributed by atoms with E-state index in [2.05, 4.69) is 37.1 Å². The number of H-pyrrole nitrogens is 1. The molecule has 1 N–H and O–H groups in total. The molecule has 0 atom stereocenters. The average Bonchev–Trinajstić information content (AvgIpc) is 3.23. The molecular formula is C17H10BrN5. The molecule has 5 nitrogen and oxygen atoms in total. The second-order valence-electron chi connectivity index (χ2n) is 5.05. The van der Waals surface area contributed by atoms with E-state index in [1.54, 1.807) is 23.1 Å². The molecule has 23 heavy (non-hydrogen) atoms. The number of nitrogens with zero attached hydrogens (tertiary/aromatic N) is 4. The van der Waals surface area contributed by atoms with E-state index in [1.807, 2.05) is 36.7 Å². The summed E-state index contributed by atoms with van der Waals surface area (Å²) in [6, 6.07) is 11.7. The Hall–Kier alpha value is -2.91. The average molecular weight is 364 g/mol. The molecule has 0 amide bonds. The van der Waals surface area contributed by atoms with Crippen LogP contribution < -0.4 is 0 Å². The van der Waals surface area contributed by atoms with Crippen LogP contribution >= 0.6 is 15.9 Å². The molecule has 0 fully saturated rings. The van der Waals surface area contributed by atoms with Crippen LogP contribution in [-0.2, 0) is 0 Å². The Balaban J connectivity index is 1.84. The van der Waals surface area contributed by atoms with Crippen LogP contribution in [0.1, 0.15) is 5.56 Å². The monoisotopic (exact) mass is 363 g/mol. The fourth-order valence-electron chi connectivity index (χ4n) is 2.60. The van der Waals surface area contributed by atoms with Gasteiger partial charge < -0.3 is 4.98 Å². The van der Waals surface area contributed by atoms with Crippen molar-refractivity contribution in [2.45, 2.75) is 0 Å². The summed E-state index contributed by atoms with van der Waals surface area (Å²) in [6.07, 6.45) is 7.36. The van der Waals surface area contributed by atoms with Gasteiger partial charge in [0.25, 0.3) is 0 Å². The Bertz CT molecular complexity index is 1050. The van der Waals surface area contributed by atoms with Crippen molar-refractivity contribution in [2.24, 2.45) is 0 Å². The van der Waals surface area contributed by atoms with E-state index >= 15 is 0 Å². The second kappa shape index (κ2) is 5.38. The van der Waals surface area contributed by atoms with Crippen molar-refractivity contribution in [3.05, 3.63) is 65.2 Å². The van der Waals surface area contributed by atoms with E-state index in [0.29, 0.717) is 5.56 Å². The minimum absolute atomic E-state index is 0.565. The highest BCUT2D eigenvalue weighted by Crippen LogP contribution is 2.28.